The summed E-state index contributed by atoms with van der Waals surface area (Å²) in [6.45, 7) is 1.86. The Morgan fingerprint density at radius 1 is 1.18 bits per heavy atom. The van der Waals surface area contributed by atoms with Gasteiger partial charge in [0.1, 0.15) is 11.5 Å². The first-order chi connectivity index (χ1) is 10.5. The quantitative estimate of drug-likeness (QED) is 0.832. The Kier molecular flexibility index (Phi) is 5.32. The molecule has 1 N–H and O–H groups in total. The number of benzene rings is 2. The maximum atomic E-state index is 12.5. The number of anilines is 1. The standard InChI is InChI=1S/C16H15BrClNO3/c1-9-6-14(15(22-3)8-13(9)18)19-16(20)11-7-10(21-2)4-5-12(11)17/h4-8H,1-3H3,(H,19,20). The van der Waals surface area contributed by atoms with E-state index in [0.717, 1.165) is 5.56 Å². The van der Waals surface area contributed by atoms with E-state index in [2.05, 4.69) is 21.2 Å². The van der Waals surface area contributed by atoms with Crippen molar-refractivity contribution >= 4 is 39.1 Å². The highest BCUT2D eigenvalue weighted by Gasteiger charge is 2.15. The number of carbonyl (C=O) groups is 1. The zero-order valence-electron chi connectivity index (χ0n) is 12.4. The van der Waals surface area contributed by atoms with Gasteiger partial charge in [0, 0.05) is 15.6 Å². The lowest BCUT2D eigenvalue weighted by Crippen LogP contribution is -2.13. The van der Waals surface area contributed by atoms with Crippen LogP contribution >= 0.6 is 27.5 Å². The summed E-state index contributed by atoms with van der Waals surface area (Å²) in [7, 11) is 3.08. The minimum Gasteiger partial charge on any atom is -0.497 e. The van der Waals surface area contributed by atoms with Crippen LogP contribution in [0.3, 0.4) is 0 Å². The van der Waals surface area contributed by atoms with E-state index in [9.17, 15) is 4.79 Å². The van der Waals surface area contributed by atoms with Crippen LogP contribution in [0.1, 0.15) is 15.9 Å². The van der Waals surface area contributed by atoms with Gasteiger partial charge in [-0.05, 0) is 52.7 Å². The van der Waals surface area contributed by atoms with Crippen molar-refractivity contribution in [3.8, 4) is 11.5 Å². The number of amides is 1. The molecule has 0 aliphatic heterocycles. The first-order valence-corrected chi connectivity index (χ1v) is 7.62. The monoisotopic (exact) mass is 383 g/mol. The van der Waals surface area contributed by atoms with Crippen molar-refractivity contribution in [2.24, 2.45) is 0 Å². The van der Waals surface area contributed by atoms with Crippen molar-refractivity contribution in [2.45, 2.75) is 6.92 Å². The van der Waals surface area contributed by atoms with Crippen molar-refractivity contribution < 1.29 is 14.3 Å². The van der Waals surface area contributed by atoms with Crippen molar-refractivity contribution in [2.75, 3.05) is 19.5 Å². The molecular weight excluding hydrogens is 370 g/mol. The molecule has 2 aromatic carbocycles. The van der Waals surface area contributed by atoms with Crippen molar-refractivity contribution in [1.29, 1.82) is 0 Å². The molecule has 2 rings (SSSR count). The number of ether oxygens (including phenoxy) is 2. The van der Waals surface area contributed by atoms with Crippen LogP contribution in [0.25, 0.3) is 0 Å². The third-order valence-corrected chi connectivity index (χ3v) is 4.25. The van der Waals surface area contributed by atoms with E-state index in [1.165, 1.54) is 7.11 Å². The largest absolute Gasteiger partial charge is 0.497 e. The van der Waals surface area contributed by atoms with Gasteiger partial charge in [0.15, 0.2) is 0 Å². The summed E-state index contributed by atoms with van der Waals surface area (Å²) in [6.07, 6.45) is 0. The Bertz CT molecular complexity index is 719. The molecule has 22 heavy (non-hydrogen) atoms. The molecule has 0 heterocycles. The van der Waals surface area contributed by atoms with Crippen LogP contribution in [-0.4, -0.2) is 20.1 Å². The number of nitrogens with one attached hydrogen (secondary N) is 1. The summed E-state index contributed by atoms with van der Waals surface area (Å²) in [5.41, 5.74) is 1.88. The Hall–Kier alpha value is -1.72. The van der Waals surface area contributed by atoms with Gasteiger partial charge in [0.25, 0.3) is 5.91 Å². The van der Waals surface area contributed by atoms with Crippen LogP contribution in [0.15, 0.2) is 34.8 Å². The van der Waals surface area contributed by atoms with E-state index < -0.39 is 0 Å². The molecule has 0 aliphatic carbocycles. The number of carbonyl (C=O) groups excluding carboxylic acids is 1. The fraction of sp³-hybridized carbons (Fsp3) is 0.188. The Morgan fingerprint density at radius 2 is 1.91 bits per heavy atom. The first-order valence-electron chi connectivity index (χ1n) is 6.45. The zero-order valence-corrected chi connectivity index (χ0v) is 14.7. The molecule has 0 aromatic heterocycles. The summed E-state index contributed by atoms with van der Waals surface area (Å²) in [5.74, 6) is 0.835. The summed E-state index contributed by atoms with van der Waals surface area (Å²) in [4.78, 5) is 12.5. The van der Waals surface area contributed by atoms with Gasteiger partial charge >= 0.3 is 0 Å². The van der Waals surface area contributed by atoms with Gasteiger partial charge in [0.05, 0.1) is 25.5 Å². The molecule has 1 amide bonds. The topological polar surface area (TPSA) is 47.6 Å². The number of methoxy groups -OCH3 is 2. The smallest absolute Gasteiger partial charge is 0.257 e. The van der Waals surface area contributed by atoms with Crippen molar-refractivity contribution in [3.05, 3.63) is 51.0 Å². The summed E-state index contributed by atoms with van der Waals surface area (Å²) >= 11 is 9.43. The summed E-state index contributed by atoms with van der Waals surface area (Å²) in [6, 6.07) is 8.64. The van der Waals surface area contributed by atoms with Crippen LogP contribution in [-0.2, 0) is 0 Å². The Labute approximate surface area is 142 Å². The fourth-order valence-electron chi connectivity index (χ4n) is 1.92. The molecule has 4 nitrogen and oxygen atoms in total. The highest BCUT2D eigenvalue weighted by Crippen LogP contribution is 2.32. The van der Waals surface area contributed by atoms with Gasteiger partial charge in [0.2, 0.25) is 0 Å². The molecule has 0 unspecified atom stereocenters. The molecule has 0 spiro atoms. The summed E-state index contributed by atoms with van der Waals surface area (Å²) < 4.78 is 11.1. The second kappa shape index (κ2) is 7.03. The van der Waals surface area contributed by atoms with Gasteiger partial charge in [-0.15, -0.1) is 0 Å². The minimum absolute atomic E-state index is 0.272. The van der Waals surface area contributed by atoms with Crippen molar-refractivity contribution in [1.82, 2.24) is 0 Å². The molecule has 0 saturated heterocycles. The predicted molar refractivity (Wildman–Crippen MR) is 91.4 cm³/mol. The molecule has 0 fully saturated rings. The minimum atomic E-state index is -0.272. The Balaban J connectivity index is 2.35. The van der Waals surface area contributed by atoms with Gasteiger partial charge in [-0.2, -0.15) is 0 Å². The number of hydrogen-bond donors (Lipinski definition) is 1. The fourth-order valence-corrected chi connectivity index (χ4v) is 2.51. The highest BCUT2D eigenvalue weighted by atomic mass is 79.9. The third kappa shape index (κ3) is 3.54. The lowest BCUT2D eigenvalue weighted by Gasteiger charge is -2.13. The van der Waals surface area contributed by atoms with Crippen LogP contribution in [0.5, 0.6) is 11.5 Å². The first kappa shape index (κ1) is 16.6. The van der Waals surface area contributed by atoms with Gasteiger partial charge < -0.3 is 14.8 Å². The highest BCUT2D eigenvalue weighted by molar-refractivity contribution is 9.10. The van der Waals surface area contributed by atoms with E-state index in [4.69, 9.17) is 21.1 Å². The van der Waals surface area contributed by atoms with Gasteiger partial charge in [-0.25, -0.2) is 0 Å². The Morgan fingerprint density at radius 3 is 2.55 bits per heavy atom. The van der Waals surface area contributed by atoms with Crippen LogP contribution in [0, 0.1) is 6.92 Å². The molecule has 0 bridgehead atoms. The second-order valence-electron chi connectivity index (χ2n) is 4.60. The zero-order chi connectivity index (χ0) is 16.3. The van der Waals surface area contributed by atoms with Gasteiger partial charge in [-0.1, -0.05) is 11.6 Å². The van der Waals surface area contributed by atoms with Crippen LogP contribution in [0.4, 0.5) is 5.69 Å². The van der Waals surface area contributed by atoms with E-state index in [1.807, 2.05) is 6.92 Å². The third-order valence-electron chi connectivity index (χ3n) is 3.15. The predicted octanol–water partition coefficient (Wildman–Crippen LogP) is 4.68. The van der Waals surface area contributed by atoms with E-state index in [0.29, 0.717) is 32.2 Å². The van der Waals surface area contributed by atoms with Gasteiger partial charge in [-0.3, -0.25) is 4.79 Å². The summed E-state index contributed by atoms with van der Waals surface area (Å²) in [5, 5.41) is 3.41. The second-order valence-corrected chi connectivity index (χ2v) is 5.86. The van der Waals surface area contributed by atoms with E-state index in [1.54, 1.807) is 37.4 Å². The number of halogens is 2. The molecule has 0 saturated carbocycles. The maximum absolute atomic E-state index is 12.5. The number of hydrogen-bond acceptors (Lipinski definition) is 3. The number of aryl methyl sites for hydroxylation is 1. The average Bonchev–Trinajstić information content (AvgIpc) is 2.51. The maximum Gasteiger partial charge on any atom is 0.257 e. The number of rotatable bonds is 4. The molecule has 2 aromatic rings. The molecule has 0 atom stereocenters. The SMILES string of the molecule is COc1ccc(Br)c(C(=O)Nc2cc(C)c(Cl)cc2OC)c1. The lowest BCUT2D eigenvalue weighted by atomic mass is 10.1. The molecule has 0 aliphatic rings. The van der Waals surface area contributed by atoms with E-state index in [-0.39, 0.29) is 5.91 Å². The van der Waals surface area contributed by atoms with E-state index >= 15 is 0 Å². The lowest BCUT2D eigenvalue weighted by molar-refractivity contribution is 0.102. The molecule has 116 valence electrons. The average molecular weight is 385 g/mol. The molecule has 0 radical (unpaired) electrons. The molecular formula is C16H15BrClNO3. The van der Waals surface area contributed by atoms with Crippen molar-refractivity contribution in [3.63, 3.8) is 0 Å². The van der Waals surface area contributed by atoms with Crippen LogP contribution in [0.2, 0.25) is 5.02 Å². The normalized spacial score (nSPS) is 10.2. The van der Waals surface area contributed by atoms with Crippen LogP contribution < -0.4 is 14.8 Å². The molecule has 6 heteroatoms.